The molecule has 2 rings (SSSR count). The zero-order chi connectivity index (χ0) is 18.8. The van der Waals surface area contributed by atoms with Crippen LogP contribution in [0.4, 0.5) is 13.2 Å². The number of hydrogen-bond donors (Lipinski definition) is 4. The number of halogens is 3. The molecule has 5 atom stereocenters. The first kappa shape index (κ1) is 19.6. The van der Waals surface area contributed by atoms with Gasteiger partial charge in [-0.2, -0.15) is 13.2 Å². The Morgan fingerprint density at radius 1 is 1.24 bits per heavy atom. The van der Waals surface area contributed by atoms with Gasteiger partial charge in [0, 0.05) is 12.7 Å². The molecule has 0 saturated carbocycles. The van der Waals surface area contributed by atoms with Gasteiger partial charge in [0.2, 0.25) is 0 Å². The van der Waals surface area contributed by atoms with E-state index in [4.69, 9.17) is 9.47 Å². The smallest absolute Gasteiger partial charge is 0.394 e. The molecule has 1 saturated heterocycles. The van der Waals surface area contributed by atoms with E-state index in [0.717, 1.165) is 24.3 Å². The molecule has 0 bridgehead atoms. The average Bonchev–Trinajstić information content (AvgIpc) is 2.58. The van der Waals surface area contributed by atoms with Crippen molar-refractivity contribution in [3.63, 3.8) is 0 Å². The third-order valence-corrected chi connectivity index (χ3v) is 3.89. The van der Waals surface area contributed by atoms with Gasteiger partial charge in [0.15, 0.2) is 6.29 Å². The van der Waals surface area contributed by atoms with E-state index in [1.807, 2.05) is 0 Å². The van der Waals surface area contributed by atoms with Crippen molar-refractivity contribution in [3.05, 3.63) is 35.4 Å². The molecule has 1 amide bonds. The van der Waals surface area contributed by atoms with Crippen molar-refractivity contribution in [2.45, 2.75) is 36.8 Å². The molecule has 4 N–H and O–H groups in total. The van der Waals surface area contributed by atoms with Crippen LogP contribution in [0.15, 0.2) is 24.3 Å². The Balaban J connectivity index is 2.14. The first-order valence-electron chi connectivity index (χ1n) is 7.32. The summed E-state index contributed by atoms with van der Waals surface area (Å²) >= 11 is 0. The van der Waals surface area contributed by atoms with E-state index >= 15 is 0 Å². The number of carbonyl (C=O) groups excluding carboxylic acids is 1. The van der Waals surface area contributed by atoms with Crippen molar-refractivity contribution in [2.24, 2.45) is 0 Å². The number of ether oxygens (including phenoxy) is 2. The van der Waals surface area contributed by atoms with Crippen molar-refractivity contribution in [2.75, 3.05) is 13.7 Å². The van der Waals surface area contributed by atoms with E-state index in [9.17, 15) is 33.3 Å². The fourth-order valence-electron chi connectivity index (χ4n) is 2.50. The lowest BCUT2D eigenvalue weighted by atomic mass is 9.95. The Kier molecular flexibility index (Phi) is 6.01. The third kappa shape index (κ3) is 4.28. The van der Waals surface area contributed by atoms with Crippen LogP contribution in [0.2, 0.25) is 0 Å². The first-order chi connectivity index (χ1) is 11.7. The van der Waals surface area contributed by atoms with Gasteiger partial charge in [-0.3, -0.25) is 4.79 Å². The average molecular weight is 365 g/mol. The summed E-state index contributed by atoms with van der Waals surface area (Å²) in [5.74, 6) is -0.801. The minimum atomic E-state index is -4.53. The number of alkyl halides is 3. The number of rotatable bonds is 4. The molecule has 0 spiro atoms. The number of aliphatic hydroxyl groups excluding tert-OH is 3. The van der Waals surface area contributed by atoms with Crippen molar-refractivity contribution in [1.82, 2.24) is 5.32 Å². The molecule has 1 aromatic carbocycles. The zero-order valence-corrected chi connectivity index (χ0v) is 13.1. The summed E-state index contributed by atoms with van der Waals surface area (Å²) in [6, 6.07) is 2.22. The van der Waals surface area contributed by atoms with Crippen LogP contribution in [-0.4, -0.2) is 65.6 Å². The molecule has 1 aliphatic rings. The molecule has 0 aliphatic carbocycles. The second kappa shape index (κ2) is 7.67. The Bertz CT molecular complexity index is 578. The lowest BCUT2D eigenvalue weighted by Crippen LogP contribution is -2.64. The number of methoxy groups -OCH3 is 1. The molecule has 1 heterocycles. The van der Waals surface area contributed by atoms with E-state index in [-0.39, 0.29) is 5.56 Å². The molecule has 1 aliphatic heterocycles. The van der Waals surface area contributed by atoms with E-state index in [2.05, 4.69) is 5.32 Å². The molecule has 1 fully saturated rings. The Morgan fingerprint density at radius 2 is 1.84 bits per heavy atom. The molecule has 7 nitrogen and oxygen atoms in total. The summed E-state index contributed by atoms with van der Waals surface area (Å²) in [6.07, 6.45) is -9.71. The van der Waals surface area contributed by atoms with Gasteiger partial charge in [-0.15, -0.1) is 0 Å². The fourth-order valence-corrected chi connectivity index (χ4v) is 2.50. The normalized spacial score (nSPS) is 30.1. The predicted octanol–water partition coefficient (Wildman–Crippen LogP) is -0.111. The third-order valence-electron chi connectivity index (χ3n) is 3.89. The van der Waals surface area contributed by atoms with Gasteiger partial charge in [0.1, 0.15) is 18.3 Å². The molecule has 0 aromatic heterocycles. The van der Waals surface area contributed by atoms with Gasteiger partial charge in [0.05, 0.1) is 18.2 Å². The summed E-state index contributed by atoms with van der Waals surface area (Å²) < 4.78 is 47.6. The highest BCUT2D eigenvalue weighted by atomic mass is 19.4. The summed E-state index contributed by atoms with van der Waals surface area (Å²) in [4.78, 5) is 12.2. The van der Waals surface area contributed by atoms with Gasteiger partial charge in [-0.25, -0.2) is 0 Å². The van der Waals surface area contributed by atoms with E-state index in [1.54, 1.807) is 0 Å². The maximum absolute atomic E-state index is 12.5. The van der Waals surface area contributed by atoms with Crippen LogP contribution < -0.4 is 5.32 Å². The van der Waals surface area contributed by atoms with Gasteiger partial charge in [-0.05, 0) is 24.3 Å². The highest BCUT2D eigenvalue weighted by molar-refractivity contribution is 5.94. The van der Waals surface area contributed by atoms with Crippen LogP contribution >= 0.6 is 0 Å². The van der Waals surface area contributed by atoms with Crippen molar-refractivity contribution in [1.29, 1.82) is 0 Å². The van der Waals surface area contributed by atoms with E-state index in [0.29, 0.717) is 0 Å². The number of amides is 1. The lowest BCUT2D eigenvalue weighted by Gasteiger charge is -2.41. The minimum absolute atomic E-state index is 0.0894. The quantitative estimate of drug-likeness (QED) is 0.593. The molecule has 10 heteroatoms. The van der Waals surface area contributed by atoms with Crippen molar-refractivity contribution < 1.29 is 42.8 Å². The molecule has 25 heavy (non-hydrogen) atoms. The second-order valence-electron chi connectivity index (χ2n) is 5.52. The summed E-state index contributed by atoms with van der Waals surface area (Å²) in [6.45, 7) is -0.583. The first-order valence-corrected chi connectivity index (χ1v) is 7.32. The van der Waals surface area contributed by atoms with Gasteiger partial charge < -0.3 is 30.1 Å². The Hall–Kier alpha value is -1.72. The van der Waals surface area contributed by atoms with Crippen LogP contribution in [0.5, 0.6) is 0 Å². The SMILES string of the molecule is CO[C@@H]1O[C@H](CO)[C@H](O)[C@H](NC(=O)c2ccc(C(F)(F)F)cc2)[C@@H]1O. The molecule has 0 unspecified atom stereocenters. The second-order valence-corrected chi connectivity index (χ2v) is 5.52. The largest absolute Gasteiger partial charge is 0.416 e. The lowest BCUT2D eigenvalue weighted by molar-refractivity contribution is -0.270. The summed E-state index contributed by atoms with van der Waals surface area (Å²) in [5.41, 5.74) is -0.997. The van der Waals surface area contributed by atoms with Crippen LogP contribution in [0.25, 0.3) is 0 Å². The predicted molar refractivity (Wildman–Crippen MR) is 77.5 cm³/mol. The van der Waals surface area contributed by atoms with Gasteiger partial charge in [-0.1, -0.05) is 0 Å². The summed E-state index contributed by atoms with van der Waals surface area (Å²) in [7, 11) is 1.23. The maximum atomic E-state index is 12.5. The minimum Gasteiger partial charge on any atom is -0.394 e. The number of carbonyl (C=O) groups is 1. The highest BCUT2D eigenvalue weighted by Gasteiger charge is 2.45. The van der Waals surface area contributed by atoms with Crippen LogP contribution in [0, 0.1) is 0 Å². The van der Waals surface area contributed by atoms with Gasteiger partial charge >= 0.3 is 6.18 Å². The standard InChI is InChI=1S/C15H18F3NO6/c1-24-14-12(22)10(11(21)9(6-20)25-14)19-13(23)7-2-4-8(5-3-7)15(16,17)18/h2-5,9-12,14,20-22H,6H2,1H3,(H,19,23)/t9-,10+,11+,12+,14-/m1/s1. The summed E-state index contributed by atoms with van der Waals surface area (Å²) in [5, 5.41) is 31.7. The number of benzene rings is 1. The molecular formula is C15H18F3NO6. The fraction of sp³-hybridized carbons (Fsp3) is 0.533. The monoisotopic (exact) mass is 365 g/mol. The van der Waals surface area contributed by atoms with Crippen molar-refractivity contribution in [3.8, 4) is 0 Å². The van der Waals surface area contributed by atoms with Crippen LogP contribution in [0.3, 0.4) is 0 Å². The Labute approximate surface area is 141 Å². The topological polar surface area (TPSA) is 108 Å². The zero-order valence-electron chi connectivity index (χ0n) is 13.1. The van der Waals surface area contributed by atoms with Crippen LogP contribution in [-0.2, 0) is 15.7 Å². The highest BCUT2D eigenvalue weighted by Crippen LogP contribution is 2.29. The van der Waals surface area contributed by atoms with E-state index < -0.39 is 54.9 Å². The Morgan fingerprint density at radius 3 is 2.32 bits per heavy atom. The van der Waals surface area contributed by atoms with E-state index in [1.165, 1.54) is 7.11 Å². The molecular weight excluding hydrogens is 347 g/mol. The van der Waals surface area contributed by atoms with Crippen LogP contribution in [0.1, 0.15) is 15.9 Å². The van der Waals surface area contributed by atoms with Gasteiger partial charge in [0.25, 0.3) is 5.91 Å². The number of aliphatic hydroxyl groups is 3. The molecule has 0 radical (unpaired) electrons. The molecule has 140 valence electrons. The number of hydrogen-bond acceptors (Lipinski definition) is 6. The van der Waals surface area contributed by atoms with Crippen molar-refractivity contribution >= 4 is 5.91 Å². The molecule has 1 aromatic rings. The number of nitrogens with one attached hydrogen (secondary N) is 1. The maximum Gasteiger partial charge on any atom is 0.416 e.